The Balaban J connectivity index is 2.00. The van der Waals surface area contributed by atoms with Crippen LogP contribution in [0.3, 0.4) is 0 Å². The molecule has 3 aliphatic rings. The molecule has 0 radical (unpaired) electrons. The monoisotopic (exact) mass is 178 g/mol. The Morgan fingerprint density at radius 3 is 2.92 bits per heavy atom. The first-order valence-corrected chi connectivity index (χ1v) is 5.09. The van der Waals surface area contributed by atoms with Crippen molar-refractivity contribution in [2.75, 3.05) is 0 Å². The number of rotatable bonds is 0. The van der Waals surface area contributed by atoms with Gasteiger partial charge in [-0.25, -0.2) is 0 Å². The molecule has 2 bridgehead atoms. The SMILES string of the molecule is C=C1OC(=O)C2C3CC(CC3C)C12. The molecule has 5 unspecified atom stereocenters. The maximum absolute atomic E-state index is 11.5. The highest BCUT2D eigenvalue weighted by molar-refractivity contribution is 5.78. The molecule has 0 spiro atoms. The number of esters is 1. The highest BCUT2D eigenvalue weighted by atomic mass is 16.5. The van der Waals surface area contributed by atoms with Gasteiger partial charge in [-0.15, -0.1) is 0 Å². The summed E-state index contributed by atoms with van der Waals surface area (Å²) in [7, 11) is 0. The average molecular weight is 178 g/mol. The van der Waals surface area contributed by atoms with Crippen molar-refractivity contribution in [1.82, 2.24) is 0 Å². The second-order valence-electron chi connectivity index (χ2n) is 4.81. The van der Waals surface area contributed by atoms with Crippen molar-refractivity contribution >= 4 is 5.97 Å². The lowest BCUT2D eigenvalue weighted by Gasteiger charge is -2.25. The fraction of sp³-hybridized carbons (Fsp3) is 0.727. The first kappa shape index (κ1) is 7.60. The minimum atomic E-state index is -0.00551. The van der Waals surface area contributed by atoms with Gasteiger partial charge in [-0.2, -0.15) is 0 Å². The Morgan fingerprint density at radius 1 is 1.38 bits per heavy atom. The van der Waals surface area contributed by atoms with Gasteiger partial charge in [-0.05, 0) is 30.6 Å². The van der Waals surface area contributed by atoms with Gasteiger partial charge >= 0.3 is 5.97 Å². The molecule has 0 aromatic heterocycles. The molecule has 5 atom stereocenters. The summed E-state index contributed by atoms with van der Waals surface area (Å²) in [5.41, 5.74) is 0. The molecule has 0 amide bonds. The summed E-state index contributed by atoms with van der Waals surface area (Å²) in [5.74, 6) is 3.26. The molecule has 0 N–H and O–H groups in total. The highest BCUT2D eigenvalue weighted by Gasteiger charge is 2.59. The first-order chi connectivity index (χ1) is 6.18. The fourth-order valence-electron chi connectivity index (χ4n) is 3.73. The predicted octanol–water partition coefficient (Wildman–Crippen LogP) is 1.97. The summed E-state index contributed by atoms with van der Waals surface area (Å²) >= 11 is 0. The molecule has 2 aliphatic carbocycles. The summed E-state index contributed by atoms with van der Waals surface area (Å²) in [6.45, 7) is 6.11. The molecule has 70 valence electrons. The van der Waals surface area contributed by atoms with E-state index < -0.39 is 0 Å². The number of carbonyl (C=O) groups excluding carboxylic acids is 1. The number of cyclic esters (lactones) is 1. The van der Waals surface area contributed by atoms with Gasteiger partial charge in [0.15, 0.2) is 0 Å². The van der Waals surface area contributed by atoms with Crippen molar-refractivity contribution in [3.8, 4) is 0 Å². The van der Waals surface area contributed by atoms with E-state index >= 15 is 0 Å². The van der Waals surface area contributed by atoms with Crippen LogP contribution in [0.15, 0.2) is 12.3 Å². The van der Waals surface area contributed by atoms with Crippen molar-refractivity contribution in [3.05, 3.63) is 12.3 Å². The van der Waals surface area contributed by atoms with E-state index in [2.05, 4.69) is 13.5 Å². The third kappa shape index (κ3) is 0.767. The summed E-state index contributed by atoms with van der Waals surface area (Å²) in [5, 5.41) is 0. The number of fused-ring (bicyclic) bond motifs is 5. The topological polar surface area (TPSA) is 26.3 Å². The summed E-state index contributed by atoms with van der Waals surface area (Å²) in [4.78, 5) is 11.5. The Labute approximate surface area is 78.0 Å². The molecule has 1 aliphatic heterocycles. The number of hydrogen-bond acceptors (Lipinski definition) is 2. The van der Waals surface area contributed by atoms with Crippen molar-refractivity contribution in [1.29, 1.82) is 0 Å². The van der Waals surface area contributed by atoms with Gasteiger partial charge in [-0.3, -0.25) is 4.79 Å². The van der Waals surface area contributed by atoms with Crippen molar-refractivity contribution in [2.45, 2.75) is 19.8 Å². The Morgan fingerprint density at radius 2 is 2.15 bits per heavy atom. The zero-order valence-corrected chi connectivity index (χ0v) is 7.82. The smallest absolute Gasteiger partial charge is 0.315 e. The molecule has 3 rings (SSSR count). The Kier molecular flexibility index (Phi) is 1.27. The summed E-state index contributed by atoms with van der Waals surface area (Å²) < 4.78 is 5.12. The van der Waals surface area contributed by atoms with Crippen LogP contribution in [0.1, 0.15) is 19.8 Å². The fourth-order valence-corrected chi connectivity index (χ4v) is 3.73. The molecule has 3 fully saturated rings. The van der Waals surface area contributed by atoms with Crippen LogP contribution in [-0.4, -0.2) is 5.97 Å². The van der Waals surface area contributed by atoms with E-state index in [4.69, 9.17) is 4.74 Å². The van der Waals surface area contributed by atoms with Gasteiger partial charge < -0.3 is 4.74 Å². The Hall–Kier alpha value is -0.790. The maximum Gasteiger partial charge on any atom is 0.315 e. The van der Waals surface area contributed by atoms with E-state index in [1.165, 1.54) is 12.8 Å². The van der Waals surface area contributed by atoms with Crippen molar-refractivity contribution < 1.29 is 9.53 Å². The van der Waals surface area contributed by atoms with Crippen LogP contribution in [-0.2, 0) is 9.53 Å². The van der Waals surface area contributed by atoms with E-state index in [0.717, 1.165) is 5.76 Å². The van der Waals surface area contributed by atoms with E-state index in [0.29, 0.717) is 23.7 Å². The predicted molar refractivity (Wildman–Crippen MR) is 47.6 cm³/mol. The van der Waals surface area contributed by atoms with Crippen LogP contribution < -0.4 is 0 Å². The van der Waals surface area contributed by atoms with Gasteiger partial charge in [0.1, 0.15) is 5.76 Å². The molecule has 1 saturated heterocycles. The van der Waals surface area contributed by atoms with Crippen LogP contribution in [0, 0.1) is 29.6 Å². The largest absolute Gasteiger partial charge is 0.431 e. The average Bonchev–Trinajstić information content (AvgIpc) is 2.64. The number of ether oxygens (including phenoxy) is 1. The molecule has 13 heavy (non-hydrogen) atoms. The molecule has 1 heterocycles. The number of allylic oxidation sites excluding steroid dienone is 1. The molecule has 0 aromatic carbocycles. The van der Waals surface area contributed by atoms with Gasteiger partial charge in [0.2, 0.25) is 0 Å². The third-order valence-electron chi connectivity index (χ3n) is 4.21. The standard InChI is InChI=1S/C11H14O2/c1-5-3-7-4-8(5)10-9(7)6(2)13-11(10)12/h5,7-10H,2-4H2,1H3. The Bertz CT molecular complexity index is 294. The lowest BCUT2D eigenvalue weighted by atomic mass is 9.75. The van der Waals surface area contributed by atoms with Crippen LogP contribution in [0.5, 0.6) is 0 Å². The molecule has 2 saturated carbocycles. The highest BCUT2D eigenvalue weighted by Crippen LogP contribution is 2.60. The van der Waals surface area contributed by atoms with Gasteiger partial charge in [0.05, 0.1) is 5.92 Å². The van der Waals surface area contributed by atoms with Crippen LogP contribution in [0.2, 0.25) is 0 Å². The number of hydrogen-bond donors (Lipinski definition) is 0. The third-order valence-corrected chi connectivity index (χ3v) is 4.21. The van der Waals surface area contributed by atoms with E-state index in [-0.39, 0.29) is 11.9 Å². The zero-order valence-electron chi connectivity index (χ0n) is 7.82. The minimum Gasteiger partial charge on any atom is -0.431 e. The van der Waals surface area contributed by atoms with Gasteiger partial charge in [0.25, 0.3) is 0 Å². The van der Waals surface area contributed by atoms with Crippen LogP contribution >= 0.6 is 0 Å². The normalized spacial score (nSPS) is 52.5. The van der Waals surface area contributed by atoms with Crippen LogP contribution in [0.4, 0.5) is 0 Å². The maximum atomic E-state index is 11.5. The van der Waals surface area contributed by atoms with Crippen LogP contribution in [0.25, 0.3) is 0 Å². The lowest BCUT2D eigenvalue weighted by Crippen LogP contribution is -2.27. The van der Waals surface area contributed by atoms with Crippen molar-refractivity contribution in [3.63, 3.8) is 0 Å². The first-order valence-electron chi connectivity index (χ1n) is 5.09. The van der Waals surface area contributed by atoms with E-state index in [1.54, 1.807) is 0 Å². The lowest BCUT2D eigenvalue weighted by molar-refractivity contribution is -0.140. The van der Waals surface area contributed by atoms with E-state index in [1.807, 2.05) is 0 Å². The number of carbonyl (C=O) groups is 1. The zero-order chi connectivity index (χ0) is 9.16. The van der Waals surface area contributed by atoms with Gasteiger partial charge in [-0.1, -0.05) is 13.5 Å². The summed E-state index contributed by atoms with van der Waals surface area (Å²) in [6.07, 6.45) is 2.49. The van der Waals surface area contributed by atoms with Gasteiger partial charge in [0, 0.05) is 5.92 Å². The second kappa shape index (κ2) is 2.17. The molecular weight excluding hydrogens is 164 g/mol. The molecule has 2 nitrogen and oxygen atoms in total. The molecular formula is C11H14O2. The van der Waals surface area contributed by atoms with E-state index in [9.17, 15) is 4.79 Å². The van der Waals surface area contributed by atoms with Crippen molar-refractivity contribution in [2.24, 2.45) is 29.6 Å². The molecule has 0 aromatic rings. The minimum absolute atomic E-state index is 0.00551. The molecule has 2 heteroatoms. The second-order valence-corrected chi connectivity index (χ2v) is 4.81. The summed E-state index contributed by atoms with van der Waals surface area (Å²) in [6, 6.07) is 0. The quantitative estimate of drug-likeness (QED) is 0.530.